The van der Waals surface area contributed by atoms with Crippen molar-refractivity contribution in [2.24, 2.45) is 0 Å². The molecule has 1 saturated heterocycles. The van der Waals surface area contributed by atoms with Gasteiger partial charge in [0.1, 0.15) is 6.61 Å². The number of carbonyl (C=O) groups excluding carboxylic acids is 1. The number of hydrogen-bond donors (Lipinski definition) is 2. The molecule has 37 heavy (non-hydrogen) atoms. The summed E-state index contributed by atoms with van der Waals surface area (Å²) in [6.45, 7) is 4.37. The largest absolute Gasteiger partial charge is 0.493 e. The molecule has 0 bridgehead atoms. The molecule has 1 fully saturated rings. The second-order valence-electron chi connectivity index (χ2n) is 9.52. The lowest BCUT2D eigenvalue weighted by Gasteiger charge is -2.34. The van der Waals surface area contributed by atoms with Gasteiger partial charge in [-0.3, -0.25) is 9.69 Å². The highest BCUT2D eigenvalue weighted by atomic mass is 16.5. The van der Waals surface area contributed by atoms with Gasteiger partial charge in [-0.25, -0.2) is 0 Å². The molecular formula is C30H36N2O5. The molecule has 3 aromatic rings. The summed E-state index contributed by atoms with van der Waals surface area (Å²) in [5.41, 5.74) is 0.778. The standard InChI is InChI=1S/C30H36N2O5/c1-30(34,29(33)31-24-16-18-32(19-17-24)20-22-10-5-4-6-11-22)25-13-8-7-12-23(25)21-37-28-26(35-2)14-9-15-27(28)36-3/h4-15,24,34H,16-21H2,1-3H3,(H,31,33). The lowest BCUT2D eigenvalue weighted by Crippen LogP contribution is -2.50. The number of benzene rings is 3. The maximum atomic E-state index is 13.3. The highest BCUT2D eigenvalue weighted by Crippen LogP contribution is 2.38. The molecule has 7 heteroatoms. The van der Waals surface area contributed by atoms with E-state index in [1.807, 2.05) is 30.3 Å². The highest BCUT2D eigenvalue weighted by Gasteiger charge is 2.36. The topological polar surface area (TPSA) is 80.3 Å². The summed E-state index contributed by atoms with van der Waals surface area (Å²) >= 11 is 0. The number of para-hydroxylation sites is 1. The van der Waals surface area contributed by atoms with Gasteiger partial charge in [0, 0.05) is 25.7 Å². The van der Waals surface area contributed by atoms with Gasteiger partial charge in [-0.1, -0.05) is 60.7 Å². The molecule has 1 unspecified atom stereocenters. The van der Waals surface area contributed by atoms with E-state index in [1.165, 1.54) is 12.5 Å². The van der Waals surface area contributed by atoms with Crippen LogP contribution in [0, 0.1) is 0 Å². The summed E-state index contributed by atoms with van der Waals surface area (Å²) in [6, 6.07) is 23.1. The summed E-state index contributed by atoms with van der Waals surface area (Å²) in [7, 11) is 3.13. The predicted molar refractivity (Wildman–Crippen MR) is 143 cm³/mol. The van der Waals surface area contributed by atoms with Crippen LogP contribution in [-0.2, 0) is 23.5 Å². The van der Waals surface area contributed by atoms with Crippen molar-refractivity contribution in [2.75, 3.05) is 27.3 Å². The Balaban J connectivity index is 1.39. The van der Waals surface area contributed by atoms with E-state index >= 15 is 0 Å². The van der Waals surface area contributed by atoms with Gasteiger partial charge in [0.2, 0.25) is 5.75 Å². The molecule has 1 aliphatic rings. The third kappa shape index (κ3) is 6.42. The van der Waals surface area contributed by atoms with Crippen molar-refractivity contribution in [3.8, 4) is 17.2 Å². The van der Waals surface area contributed by atoms with E-state index in [0.717, 1.165) is 32.5 Å². The maximum Gasteiger partial charge on any atom is 0.256 e. The van der Waals surface area contributed by atoms with Gasteiger partial charge in [0.25, 0.3) is 5.91 Å². The van der Waals surface area contributed by atoms with Crippen LogP contribution in [0.15, 0.2) is 72.8 Å². The lowest BCUT2D eigenvalue weighted by atomic mass is 9.90. The zero-order valence-corrected chi connectivity index (χ0v) is 21.8. The summed E-state index contributed by atoms with van der Waals surface area (Å²) in [5, 5.41) is 14.5. The van der Waals surface area contributed by atoms with E-state index in [2.05, 4.69) is 34.5 Å². The molecule has 1 heterocycles. The van der Waals surface area contributed by atoms with E-state index in [0.29, 0.717) is 28.4 Å². The number of carbonyl (C=O) groups is 1. The minimum Gasteiger partial charge on any atom is -0.493 e. The van der Waals surface area contributed by atoms with Crippen molar-refractivity contribution < 1.29 is 24.1 Å². The summed E-state index contributed by atoms with van der Waals surface area (Å²) in [5.74, 6) is 1.14. The van der Waals surface area contributed by atoms with Crippen molar-refractivity contribution in [2.45, 2.75) is 44.6 Å². The smallest absolute Gasteiger partial charge is 0.256 e. The fourth-order valence-electron chi connectivity index (χ4n) is 4.76. The zero-order valence-electron chi connectivity index (χ0n) is 21.8. The van der Waals surface area contributed by atoms with Crippen LogP contribution in [0.1, 0.15) is 36.5 Å². The Labute approximate surface area is 219 Å². The van der Waals surface area contributed by atoms with Crippen LogP contribution in [0.3, 0.4) is 0 Å². The van der Waals surface area contributed by atoms with Gasteiger partial charge in [-0.2, -0.15) is 0 Å². The second kappa shape index (κ2) is 12.1. The van der Waals surface area contributed by atoms with Gasteiger partial charge in [-0.05, 0) is 48.6 Å². The quantitative estimate of drug-likeness (QED) is 0.429. The van der Waals surface area contributed by atoms with Crippen molar-refractivity contribution >= 4 is 5.91 Å². The molecule has 196 valence electrons. The van der Waals surface area contributed by atoms with E-state index in [1.54, 1.807) is 32.4 Å². The van der Waals surface area contributed by atoms with Crippen LogP contribution in [0.2, 0.25) is 0 Å². The van der Waals surface area contributed by atoms with Crippen molar-refractivity contribution in [3.05, 3.63) is 89.5 Å². The Hall–Kier alpha value is -3.55. The summed E-state index contributed by atoms with van der Waals surface area (Å²) in [6.07, 6.45) is 1.68. The van der Waals surface area contributed by atoms with Crippen LogP contribution < -0.4 is 19.5 Å². The molecule has 1 amide bonds. The van der Waals surface area contributed by atoms with E-state index in [-0.39, 0.29) is 12.6 Å². The molecule has 0 aliphatic carbocycles. The molecule has 0 spiro atoms. The first kappa shape index (κ1) is 26.5. The molecule has 7 nitrogen and oxygen atoms in total. The van der Waals surface area contributed by atoms with Crippen molar-refractivity contribution in [1.29, 1.82) is 0 Å². The third-order valence-electron chi connectivity index (χ3n) is 6.91. The number of nitrogens with one attached hydrogen (secondary N) is 1. The van der Waals surface area contributed by atoms with Crippen LogP contribution in [0.5, 0.6) is 17.2 Å². The molecule has 4 rings (SSSR count). The van der Waals surface area contributed by atoms with Gasteiger partial charge in [0.15, 0.2) is 17.1 Å². The van der Waals surface area contributed by atoms with E-state index < -0.39 is 11.5 Å². The number of likely N-dealkylation sites (tertiary alicyclic amines) is 1. The van der Waals surface area contributed by atoms with Crippen LogP contribution in [0.25, 0.3) is 0 Å². The Morgan fingerprint density at radius 3 is 2.22 bits per heavy atom. The molecular weight excluding hydrogens is 468 g/mol. The Morgan fingerprint density at radius 2 is 1.57 bits per heavy atom. The van der Waals surface area contributed by atoms with Crippen LogP contribution in [0.4, 0.5) is 0 Å². The van der Waals surface area contributed by atoms with Gasteiger partial charge in [0.05, 0.1) is 14.2 Å². The molecule has 2 N–H and O–H groups in total. The number of hydrogen-bond acceptors (Lipinski definition) is 6. The fraction of sp³-hybridized carbons (Fsp3) is 0.367. The molecule has 0 saturated carbocycles. The number of methoxy groups -OCH3 is 2. The lowest BCUT2D eigenvalue weighted by molar-refractivity contribution is -0.140. The minimum absolute atomic E-state index is 0.0206. The number of aliphatic hydroxyl groups is 1. The zero-order chi connectivity index (χ0) is 26.3. The molecule has 1 aliphatic heterocycles. The number of ether oxygens (including phenoxy) is 3. The van der Waals surface area contributed by atoms with Gasteiger partial charge in [-0.15, -0.1) is 0 Å². The van der Waals surface area contributed by atoms with Crippen molar-refractivity contribution in [3.63, 3.8) is 0 Å². The fourth-order valence-corrected chi connectivity index (χ4v) is 4.76. The number of amides is 1. The average molecular weight is 505 g/mol. The Morgan fingerprint density at radius 1 is 0.946 bits per heavy atom. The SMILES string of the molecule is COc1cccc(OC)c1OCc1ccccc1C(C)(O)C(=O)NC1CCN(Cc2ccccc2)CC1. The Bertz CT molecular complexity index is 1150. The number of piperidine rings is 1. The molecule has 1 atom stereocenters. The van der Waals surface area contributed by atoms with E-state index in [9.17, 15) is 9.90 Å². The number of nitrogens with zero attached hydrogens (tertiary/aromatic N) is 1. The molecule has 3 aromatic carbocycles. The monoisotopic (exact) mass is 504 g/mol. The second-order valence-corrected chi connectivity index (χ2v) is 9.52. The average Bonchev–Trinajstić information content (AvgIpc) is 2.93. The first-order valence-corrected chi connectivity index (χ1v) is 12.6. The first-order chi connectivity index (χ1) is 17.9. The van der Waals surface area contributed by atoms with Crippen LogP contribution >= 0.6 is 0 Å². The summed E-state index contributed by atoms with van der Waals surface area (Å²) in [4.78, 5) is 15.7. The maximum absolute atomic E-state index is 13.3. The predicted octanol–water partition coefficient (Wildman–Crippen LogP) is 4.27. The third-order valence-corrected chi connectivity index (χ3v) is 6.91. The highest BCUT2D eigenvalue weighted by molar-refractivity contribution is 5.86. The molecule has 0 aromatic heterocycles. The first-order valence-electron chi connectivity index (χ1n) is 12.6. The van der Waals surface area contributed by atoms with Gasteiger partial charge >= 0.3 is 0 Å². The normalized spacial score (nSPS) is 16.0. The van der Waals surface area contributed by atoms with Crippen molar-refractivity contribution in [1.82, 2.24) is 10.2 Å². The minimum atomic E-state index is -1.72. The summed E-state index contributed by atoms with van der Waals surface area (Å²) < 4.78 is 16.9. The van der Waals surface area contributed by atoms with E-state index in [4.69, 9.17) is 14.2 Å². The van der Waals surface area contributed by atoms with Crippen LogP contribution in [-0.4, -0.2) is 49.3 Å². The van der Waals surface area contributed by atoms with Gasteiger partial charge < -0.3 is 24.6 Å². The molecule has 0 radical (unpaired) electrons. The number of rotatable bonds is 10. The Kier molecular flexibility index (Phi) is 8.69.